The van der Waals surface area contributed by atoms with Crippen molar-refractivity contribution in [1.29, 1.82) is 0 Å². The van der Waals surface area contributed by atoms with Gasteiger partial charge in [-0.25, -0.2) is 9.07 Å². The molecule has 196 valence electrons. The summed E-state index contributed by atoms with van der Waals surface area (Å²) in [6.07, 6.45) is 1.74. The third-order valence-corrected chi connectivity index (χ3v) is 5.43. The molecule has 0 atom stereocenters. The molecule has 1 heterocycles. The Morgan fingerprint density at radius 1 is 1.06 bits per heavy atom. The molecule has 9 heteroatoms. The number of ether oxygens (including phenoxy) is 3. The average Bonchev–Trinajstić information content (AvgIpc) is 3.55. The van der Waals surface area contributed by atoms with Gasteiger partial charge >= 0.3 is 11.9 Å². The van der Waals surface area contributed by atoms with Crippen molar-refractivity contribution in [3.05, 3.63) is 46.0 Å². The van der Waals surface area contributed by atoms with E-state index in [2.05, 4.69) is 5.10 Å². The second-order valence-corrected chi connectivity index (χ2v) is 11.2. The van der Waals surface area contributed by atoms with Crippen LogP contribution in [-0.2, 0) is 32.0 Å². The van der Waals surface area contributed by atoms with Crippen LogP contribution in [0.15, 0.2) is 29.1 Å². The van der Waals surface area contributed by atoms with Crippen LogP contribution in [0.5, 0.6) is 5.75 Å². The van der Waals surface area contributed by atoms with Gasteiger partial charge in [-0.3, -0.25) is 14.4 Å². The fourth-order valence-electron chi connectivity index (χ4n) is 3.61. The molecule has 2 aromatic rings. The molecule has 0 spiro atoms. The first-order chi connectivity index (χ1) is 16.7. The minimum atomic E-state index is -1.35. The van der Waals surface area contributed by atoms with E-state index in [-0.39, 0.29) is 17.7 Å². The Kier molecular flexibility index (Phi) is 7.91. The van der Waals surface area contributed by atoms with Crippen LogP contribution in [0.3, 0.4) is 0 Å². The number of halogens is 1. The van der Waals surface area contributed by atoms with Crippen LogP contribution < -0.4 is 10.3 Å². The van der Waals surface area contributed by atoms with Gasteiger partial charge in [-0.2, -0.15) is 5.10 Å². The van der Waals surface area contributed by atoms with E-state index in [1.807, 2.05) is 0 Å². The highest BCUT2D eigenvalue weighted by Crippen LogP contribution is 2.31. The van der Waals surface area contributed by atoms with E-state index in [9.17, 15) is 18.8 Å². The zero-order valence-corrected chi connectivity index (χ0v) is 22.0. The van der Waals surface area contributed by atoms with E-state index < -0.39 is 40.4 Å². The smallest absolute Gasteiger partial charge is 0.321 e. The quantitative estimate of drug-likeness (QED) is 0.392. The third kappa shape index (κ3) is 7.38. The maximum Gasteiger partial charge on any atom is 0.321 e. The van der Waals surface area contributed by atoms with E-state index in [1.165, 1.54) is 30.0 Å². The molecule has 3 rings (SSSR count). The zero-order valence-electron chi connectivity index (χ0n) is 22.0. The molecule has 0 aliphatic heterocycles. The first-order valence-electron chi connectivity index (χ1n) is 12.1. The maximum absolute atomic E-state index is 14.4. The molecule has 0 amide bonds. The summed E-state index contributed by atoms with van der Waals surface area (Å²) in [6, 6.07) is 5.89. The molecule has 1 aliphatic carbocycles. The van der Waals surface area contributed by atoms with Crippen molar-refractivity contribution in [2.45, 2.75) is 78.6 Å². The van der Waals surface area contributed by atoms with Crippen molar-refractivity contribution in [3.8, 4) is 17.0 Å². The molecule has 0 bridgehead atoms. The predicted molar refractivity (Wildman–Crippen MR) is 132 cm³/mol. The molecule has 8 nitrogen and oxygen atoms in total. The Morgan fingerprint density at radius 3 is 2.11 bits per heavy atom. The van der Waals surface area contributed by atoms with Gasteiger partial charge in [0.1, 0.15) is 11.2 Å². The number of carbonyl (C=O) groups is 2. The van der Waals surface area contributed by atoms with Gasteiger partial charge in [-0.15, -0.1) is 0 Å². The largest absolute Gasteiger partial charge is 0.494 e. The summed E-state index contributed by atoms with van der Waals surface area (Å²) >= 11 is 0. The van der Waals surface area contributed by atoms with Gasteiger partial charge in [0.15, 0.2) is 17.5 Å². The highest BCUT2D eigenvalue weighted by molar-refractivity contribution is 5.95. The Hall–Kier alpha value is -3.23. The number of benzene rings is 1. The minimum absolute atomic E-state index is 0.0835. The van der Waals surface area contributed by atoms with Gasteiger partial charge in [0.2, 0.25) is 0 Å². The number of rotatable bonds is 8. The first kappa shape index (κ1) is 27.4. The second kappa shape index (κ2) is 10.4. The van der Waals surface area contributed by atoms with Crippen LogP contribution in [0, 0.1) is 17.7 Å². The number of hydrogen-bond acceptors (Lipinski definition) is 7. The summed E-state index contributed by atoms with van der Waals surface area (Å²) in [5.41, 5.74) is -1.11. The van der Waals surface area contributed by atoms with Crippen LogP contribution >= 0.6 is 0 Å². The molecule has 0 N–H and O–H groups in total. The van der Waals surface area contributed by atoms with Gasteiger partial charge in [0, 0.05) is 24.1 Å². The van der Waals surface area contributed by atoms with Gasteiger partial charge in [0.25, 0.3) is 5.56 Å². The molecule has 1 aromatic carbocycles. The maximum atomic E-state index is 14.4. The Labute approximate surface area is 210 Å². The molecular weight excluding hydrogens is 467 g/mol. The van der Waals surface area contributed by atoms with E-state index in [0.717, 1.165) is 12.8 Å². The monoisotopic (exact) mass is 502 g/mol. The van der Waals surface area contributed by atoms with E-state index in [1.54, 1.807) is 47.6 Å². The number of hydrogen-bond donors (Lipinski definition) is 0. The molecule has 1 saturated carbocycles. The normalized spacial score (nSPS) is 14.0. The second-order valence-electron chi connectivity index (χ2n) is 11.2. The van der Waals surface area contributed by atoms with E-state index in [0.29, 0.717) is 23.7 Å². The van der Waals surface area contributed by atoms with Crippen LogP contribution in [0.1, 0.15) is 59.9 Å². The number of aromatic nitrogens is 2. The lowest BCUT2D eigenvalue weighted by Crippen LogP contribution is -2.39. The Morgan fingerprint density at radius 2 is 1.64 bits per heavy atom. The van der Waals surface area contributed by atoms with Crippen molar-refractivity contribution < 1.29 is 28.2 Å². The topological polar surface area (TPSA) is 96.7 Å². The van der Waals surface area contributed by atoms with Gasteiger partial charge < -0.3 is 14.2 Å². The highest BCUT2D eigenvalue weighted by Gasteiger charge is 2.36. The van der Waals surface area contributed by atoms with Crippen molar-refractivity contribution in [2.75, 3.05) is 7.11 Å². The lowest BCUT2D eigenvalue weighted by Gasteiger charge is -2.26. The summed E-state index contributed by atoms with van der Waals surface area (Å²) < 4.78 is 31.7. The highest BCUT2D eigenvalue weighted by atomic mass is 19.1. The van der Waals surface area contributed by atoms with E-state index in [4.69, 9.17) is 14.2 Å². The molecule has 0 radical (unpaired) electrons. The van der Waals surface area contributed by atoms with Crippen molar-refractivity contribution in [2.24, 2.45) is 11.8 Å². The van der Waals surface area contributed by atoms with Crippen LogP contribution in [0.2, 0.25) is 0 Å². The molecule has 36 heavy (non-hydrogen) atoms. The summed E-state index contributed by atoms with van der Waals surface area (Å²) in [5, 5.41) is 4.46. The van der Waals surface area contributed by atoms with Crippen LogP contribution in [0.25, 0.3) is 11.3 Å². The summed E-state index contributed by atoms with van der Waals surface area (Å²) in [5.74, 6) is -3.07. The van der Waals surface area contributed by atoms with Gasteiger partial charge in [-0.05, 0) is 84.6 Å². The Balaban J connectivity index is 2.06. The molecular formula is C27H35FN2O6. The standard InChI is InChI=1S/C27H35FN2O6/c1-26(2,3)35-24(32)19(25(33)36-27(4,5)6)12-18-14-21(17-10-11-22(34-7)20(28)13-17)29-30(23(18)31)15-16-8-9-16/h10-11,13-14,16,19H,8-9,12,15H2,1-7H3. The van der Waals surface area contributed by atoms with Gasteiger partial charge in [-0.1, -0.05) is 0 Å². The minimum Gasteiger partial charge on any atom is -0.494 e. The average molecular weight is 503 g/mol. The molecule has 1 fully saturated rings. The fraction of sp³-hybridized carbons (Fsp3) is 0.556. The zero-order chi connectivity index (χ0) is 26.8. The van der Waals surface area contributed by atoms with Crippen molar-refractivity contribution in [1.82, 2.24) is 9.78 Å². The van der Waals surface area contributed by atoms with Crippen LogP contribution in [-0.4, -0.2) is 40.0 Å². The molecule has 1 aromatic heterocycles. The molecule has 0 unspecified atom stereocenters. The lowest BCUT2D eigenvalue weighted by molar-refractivity contribution is -0.174. The summed E-state index contributed by atoms with van der Waals surface area (Å²) in [7, 11) is 1.37. The van der Waals surface area contributed by atoms with E-state index >= 15 is 0 Å². The fourth-order valence-corrected chi connectivity index (χ4v) is 3.61. The van der Waals surface area contributed by atoms with Crippen molar-refractivity contribution in [3.63, 3.8) is 0 Å². The number of esters is 2. The SMILES string of the molecule is COc1ccc(-c2cc(CC(C(=O)OC(C)(C)C)C(=O)OC(C)(C)C)c(=O)n(CC3CC3)n2)cc1F. The number of nitrogens with zero attached hydrogens (tertiary/aromatic N) is 2. The summed E-state index contributed by atoms with van der Waals surface area (Å²) in [4.78, 5) is 39.4. The predicted octanol–water partition coefficient (Wildman–Crippen LogP) is 4.31. The first-order valence-corrected chi connectivity index (χ1v) is 12.1. The lowest BCUT2D eigenvalue weighted by atomic mass is 9.98. The molecule has 0 saturated heterocycles. The summed E-state index contributed by atoms with van der Waals surface area (Å²) in [6.45, 7) is 10.6. The number of carbonyl (C=O) groups excluding carboxylic acids is 2. The van der Waals surface area contributed by atoms with Crippen molar-refractivity contribution >= 4 is 11.9 Å². The third-order valence-electron chi connectivity index (χ3n) is 5.43. The molecule has 1 aliphatic rings. The Bertz CT molecular complexity index is 1160. The van der Waals surface area contributed by atoms with Gasteiger partial charge in [0.05, 0.1) is 12.8 Å². The number of methoxy groups -OCH3 is 1. The van der Waals surface area contributed by atoms with Crippen LogP contribution in [0.4, 0.5) is 4.39 Å².